The van der Waals surface area contributed by atoms with Gasteiger partial charge in [0.05, 0.1) is 18.3 Å². The molecule has 0 saturated carbocycles. The standard InChI is InChI=1S/C14H17F3N4/c15-14(16,17)12-5-1-3-10(7-12)9-21-13(19)11(8-20-21)4-2-6-18/h1,3,5,7-8H,2,4,6,9,18-19H2. The van der Waals surface area contributed by atoms with Crippen LogP contribution in [0.4, 0.5) is 19.0 Å². The molecule has 0 aliphatic heterocycles. The van der Waals surface area contributed by atoms with Crippen molar-refractivity contribution in [2.75, 3.05) is 12.3 Å². The number of nitrogens with two attached hydrogens (primary N) is 2. The van der Waals surface area contributed by atoms with Crippen molar-refractivity contribution < 1.29 is 13.2 Å². The maximum Gasteiger partial charge on any atom is 0.416 e. The molecule has 1 aromatic carbocycles. The molecular weight excluding hydrogens is 281 g/mol. The third-order valence-electron chi connectivity index (χ3n) is 3.20. The van der Waals surface area contributed by atoms with Crippen LogP contribution >= 0.6 is 0 Å². The molecule has 114 valence electrons. The van der Waals surface area contributed by atoms with E-state index in [1.807, 2.05) is 0 Å². The summed E-state index contributed by atoms with van der Waals surface area (Å²) in [5, 5.41) is 4.13. The van der Waals surface area contributed by atoms with Gasteiger partial charge >= 0.3 is 6.18 Å². The Balaban J connectivity index is 2.17. The van der Waals surface area contributed by atoms with E-state index in [1.54, 1.807) is 12.3 Å². The number of hydrogen-bond acceptors (Lipinski definition) is 3. The second-order valence-corrected chi connectivity index (χ2v) is 4.80. The molecule has 0 aliphatic carbocycles. The Hall–Kier alpha value is -2.02. The van der Waals surface area contributed by atoms with E-state index in [-0.39, 0.29) is 6.54 Å². The number of alkyl halides is 3. The highest BCUT2D eigenvalue weighted by atomic mass is 19.4. The zero-order valence-corrected chi connectivity index (χ0v) is 11.4. The van der Waals surface area contributed by atoms with E-state index in [9.17, 15) is 13.2 Å². The molecule has 0 unspecified atom stereocenters. The van der Waals surface area contributed by atoms with E-state index in [0.717, 1.165) is 24.1 Å². The van der Waals surface area contributed by atoms with Crippen LogP contribution in [-0.2, 0) is 19.1 Å². The SMILES string of the molecule is NCCCc1cnn(Cc2cccc(C(F)(F)F)c2)c1N. The van der Waals surface area contributed by atoms with Crippen LogP contribution in [0, 0.1) is 0 Å². The van der Waals surface area contributed by atoms with Crippen molar-refractivity contribution in [3.63, 3.8) is 0 Å². The second kappa shape index (κ2) is 6.17. The van der Waals surface area contributed by atoms with E-state index in [0.29, 0.717) is 24.3 Å². The monoisotopic (exact) mass is 298 g/mol. The third-order valence-corrected chi connectivity index (χ3v) is 3.20. The van der Waals surface area contributed by atoms with Gasteiger partial charge in [-0.1, -0.05) is 12.1 Å². The quantitative estimate of drug-likeness (QED) is 0.890. The minimum absolute atomic E-state index is 0.207. The second-order valence-electron chi connectivity index (χ2n) is 4.80. The molecular formula is C14H17F3N4. The average Bonchev–Trinajstić information content (AvgIpc) is 2.77. The lowest BCUT2D eigenvalue weighted by molar-refractivity contribution is -0.137. The van der Waals surface area contributed by atoms with Gasteiger partial charge in [0.25, 0.3) is 0 Å². The highest BCUT2D eigenvalue weighted by molar-refractivity contribution is 5.39. The molecule has 0 radical (unpaired) electrons. The number of benzene rings is 1. The molecule has 21 heavy (non-hydrogen) atoms. The predicted molar refractivity (Wildman–Crippen MR) is 74.6 cm³/mol. The summed E-state index contributed by atoms with van der Waals surface area (Å²) in [7, 11) is 0. The summed E-state index contributed by atoms with van der Waals surface area (Å²) in [6.07, 6.45) is -1.21. The first-order chi connectivity index (χ1) is 9.91. The van der Waals surface area contributed by atoms with Gasteiger partial charge < -0.3 is 11.5 Å². The molecule has 4 N–H and O–H groups in total. The van der Waals surface area contributed by atoms with Crippen molar-refractivity contribution in [3.8, 4) is 0 Å². The zero-order chi connectivity index (χ0) is 15.5. The molecule has 0 atom stereocenters. The summed E-state index contributed by atoms with van der Waals surface area (Å²) in [5.41, 5.74) is 12.1. The summed E-state index contributed by atoms with van der Waals surface area (Å²) in [5.74, 6) is 0.473. The van der Waals surface area contributed by atoms with Crippen molar-refractivity contribution in [2.45, 2.75) is 25.6 Å². The first-order valence-corrected chi connectivity index (χ1v) is 6.58. The number of hydrogen-bond donors (Lipinski definition) is 2. The van der Waals surface area contributed by atoms with Crippen LogP contribution in [-0.4, -0.2) is 16.3 Å². The number of nitrogen functional groups attached to an aromatic ring is 1. The zero-order valence-electron chi connectivity index (χ0n) is 11.4. The summed E-state index contributed by atoms with van der Waals surface area (Å²) in [4.78, 5) is 0. The van der Waals surface area contributed by atoms with Gasteiger partial charge in [-0.05, 0) is 37.1 Å². The van der Waals surface area contributed by atoms with Gasteiger partial charge in [-0.15, -0.1) is 0 Å². The van der Waals surface area contributed by atoms with Crippen LogP contribution in [0.3, 0.4) is 0 Å². The van der Waals surface area contributed by atoms with Gasteiger partial charge in [0.2, 0.25) is 0 Å². The maximum absolute atomic E-state index is 12.7. The summed E-state index contributed by atoms with van der Waals surface area (Å²) in [6, 6.07) is 5.16. The normalized spacial score (nSPS) is 11.8. The van der Waals surface area contributed by atoms with Crippen LogP contribution in [0.25, 0.3) is 0 Å². The van der Waals surface area contributed by atoms with Gasteiger partial charge in [0, 0.05) is 5.56 Å². The number of halogens is 3. The fourth-order valence-corrected chi connectivity index (χ4v) is 2.06. The van der Waals surface area contributed by atoms with Gasteiger partial charge in [0.1, 0.15) is 5.82 Å². The Kier molecular flexibility index (Phi) is 4.52. The third kappa shape index (κ3) is 3.75. The predicted octanol–water partition coefficient (Wildman–Crippen LogP) is 2.42. The van der Waals surface area contributed by atoms with Crippen molar-refractivity contribution in [3.05, 3.63) is 47.2 Å². The van der Waals surface area contributed by atoms with E-state index in [4.69, 9.17) is 11.5 Å². The van der Waals surface area contributed by atoms with E-state index < -0.39 is 11.7 Å². The average molecular weight is 298 g/mol. The number of rotatable bonds is 5. The summed E-state index contributed by atoms with van der Waals surface area (Å²) >= 11 is 0. The van der Waals surface area contributed by atoms with E-state index in [1.165, 1.54) is 10.7 Å². The number of aromatic nitrogens is 2. The summed E-state index contributed by atoms with van der Waals surface area (Å²) < 4.78 is 39.5. The van der Waals surface area contributed by atoms with Gasteiger partial charge in [-0.3, -0.25) is 0 Å². The van der Waals surface area contributed by atoms with Crippen LogP contribution in [0.5, 0.6) is 0 Å². The first kappa shape index (κ1) is 15.4. The van der Waals surface area contributed by atoms with Crippen LogP contribution in [0.1, 0.15) is 23.1 Å². The lowest BCUT2D eigenvalue weighted by Crippen LogP contribution is -2.09. The van der Waals surface area contributed by atoms with Crippen molar-refractivity contribution in [1.29, 1.82) is 0 Å². The molecule has 4 nitrogen and oxygen atoms in total. The molecule has 0 amide bonds. The van der Waals surface area contributed by atoms with Crippen LogP contribution < -0.4 is 11.5 Å². The fourth-order valence-electron chi connectivity index (χ4n) is 2.06. The largest absolute Gasteiger partial charge is 0.416 e. The van der Waals surface area contributed by atoms with Crippen LogP contribution in [0.2, 0.25) is 0 Å². The Bertz CT molecular complexity index is 605. The molecule has 2 aromatic rings. The Morgan fingerprint density at radius 3 is 2.67 bits per heavy atom. The lowest BCUT2D eigenvalue weighted by atomic mass is 10.1. The van der Waals surface area contributed by atoms with Crippen LogP contribution in [0.15, 0.2) is 30.5 Å². The van der Waals surface area contributed by atoms with Gasteiger partial charge in [-0.2, -0.15) is 18.3 Å². The summed E-state index contributed by atoms with van der Waals surface area (Å²) in [6.45, 7) is 0.761. The number of aryl methyl sites for hydroxylation is 1. The topological polar surface area (TPSA) is 69.9 Å². The molecule has 7 heteroatoms. The highest BCUT2D eigenvalue weighted by Crippen LogP contribution is 2.29. The van der Waals surface area contributed by atoms with Gasteiger partial charge in [-0.25, -0.2) is 4.68 Å². The molecule has 0 spiro atoms. The number of nitrogens with zero attached hydrogens (tertiary/aromatic N) is 2. The highest BCUT2D eigenvalue weighted by Gasteiger charge is 2.30. The van der Waals surface area contributed by atoms with Crippen molar-refractivity contribution in [2.24, 2.45) is 5.73 Å². The molecule has 0 bridgehead atoms. The Labute approximate surface area is 120 Å². The maximum atomic E-state index is 12.7. The first-order valence-electron chi connectivity index (χ1n) is 6.58. The van der Waals surface area contributed by atoms with E-state index in [2.05, 4.69) is 5.10 Å². The minimum Gasteiger partial charge on any atom is -0.384 e. The lowest BCUT2D eigenvalue weighted by Gasteiger charge is -2.10. The van der Waals surface area contributed by atoms with Crippen molar-refractivity contribution in [1.82, 2.24) is 9.78 Å². The molecule has 0 fully saturated rings. The molecule has 0 aliphatic rings. The fraction of sp³-hybridized carbons (Fsp3) is 0.357. The molecule has 2 rings (SSSR count). The minimum atomic E-state index is -4.35. The number of anilines is 1. The molecule has 0 saturated heterocycles. The van der Waals surface area contributed by atoms with E-state index >= 15 is 0 Å². The Morgan fingerprint density at radius 1 is 1.24 bits per heavy atom. The molecule has 1 aromatic heterocycles. The smallest absolute Gasteiger partial charge is 0.384 e. The van der Waals surface area contributed by atoms with Gasteiger partial charge in [0.15, 0.2) is 0 Å². The Morgan fingerprint density at radius 2 is 2.00 bits per heavy atom. The molecule has 1 heterocycles. The van der Waals surface area contributed by atoms with Crippen molar-refractivity contribution >= 4 is 5.82 Å².